The first kappa shape index (κ1) is 11.6. The Morgan fingerprint density at radius 3 is 2.62 bits per heavy atom. The molecule has 1 aromatic carbocycles. The summed E-state index contributed by atoms with van der Waals surface area (Å²) in [5.41, 5.74) is 2.50. The molecule has 0 spiro atoms. The van der Waals surface area contributed by atoms with Gasteiger partial charge in [0, 0.05) is 16.4 Å². The minimum atomic E-state index is 0.791. The van der Waals surface area contributed by atoms with Crippen molar-refractivity contribution in [1.82, 2.24) is 9.55 Å². The number of halogens is 1. The van der Waals surface area contributed by atoms with Crippen molar-refractivity contribution < 1.29 is 0 Å². The Bertz CT molecular complexity index is 525. The van der Waals surface area contributed by atoms with Crippen LogP contribution in [0, 0.1) is 4.77 Å². The van der Waals surface area contributed by atoms with Gasteiger partial charge in [-0.25, -0.2) is 0 Å². The lowest BCUT2D eigenvalue weighted by molar-refractivity contribution is 0.736. The van der Waals surface area contributed by atoms with Crippen LogP contribution in [0.5, 0.6) is 0 Å². The fourth-order valence-electron chi connectivity index (χ4n) is 1.67. The van der Waals surface area contributed by atoms with Crippen molar-refractivity contribution in [3.8, 4) is 0 Å². The molecule has 0 aliphatic heterocycles. The number of rotatable bonds is 3. The summed E-state index contributed by atoms with van der Waals surface area (Å²) in [5.74, 6) is 0. The molecule has 0 saturated heterocycles. The molecule has 0 fully saturated rings. The molecule has 0 aliphatic carbocycles. The summed E-state index contributed by atoms with van der Waals surface area (Å²) in [7, 11) is 0. The van der Waals surface area contributed by atoms with Gasteiger partial charge in [-0.3, -0.25) is 0 Å². The van der Waals surface area contributed by atoms with Crippen molar-refractivity contribution in [2.24, 2.45) is 0 Å². The molecular weight excluding hydrogens is 284 g/mol. The largest absolute Gasteiger partial charge is 0.337 e. The summed E-state index contributed by atoms with van der Waals surface area (Å²) in [5, 5.41) is 0. The predicted octanol–water partition coefficient (Wildman–Crippen LogP) is 3.92. The van der Waals surface area contributed by atoms with E-state index in [9.17, 15) is 0 Å². The van der Waals surface area contributed by atoms with Gasteiger partial charge in [0.2, 0.25) is 0 Å². The average Bonchev–Trinajstić information content (AvgIpc) is 2.63. The fraction of sp³-hybridized carbons (Fsp3) is 0.250. The van der Waals surface area contributed by atoms with E-state index in [-0.39, 0.29) is 0 Å². The minimum Gasteiger partial charge on any atom is -0.337 e. The first-order valence-corrected chi connectivity index (χ1v) is 6.42. The Kier molecular flexibility index (Phi) is 3.61. The van der Waals surface area contributed by atoms with E-state index >= 15 is 0 Å². The molecular formula is C12H13BrN2S. The van der Waals surface area contributed by atoms with Crippen molar-refractivity contribution in [3.63, 3.8) is 0 Å². The number of aromatic nitrogens is 2. The molecule has 2 nitrogen and oxygen atoms in total. The number of nitrogens with zero attached hydrogens (tertiary/aromatic N) is 1. The van der Waals surface area contributed by atoms with Gasteiger partial charge >= 0.3 is 0 Å². The van der Waals surface area contributed by atoms with E-state index in [1.165, 1.54) is 11.3 Å². The zero-order chi connectivity index (χ0) is 11.5. The van der Waals surface area contributed by atoms with Crippen LogP contribution in [0.1, 0.15) is 18.2 Å². The predicted molar refractivity (Wildman–Crippen MR) is 72.2 cm³/mol. The Hall–Kier alpha value is -0.870. The highest BCUT2D eigenvalue weighted by Gasteiger charge is 2.02. The Morgan fingerprint density at radius 1 is 1.31 bits per heavy atom. The van der Waals surface area contributed by atoms with Crippen LogP contribution >= 0.6 is 28.1 Å². The van der Waals surface area contributed by atoms with Gasteiger partial charge in [-0.15, -0.1) is 0 Å². The first-order valence-electron chi connectivity index (χ1n) is 5.22. The molecule has 2 aromatic rings. The van der Waals surface area contributed by atoms with Gasteiger partial charge in [-0.05, 0) is 36.3 Å². The highest BCUT2D eigenvalue weighted by Crippen LogP contribution is 2.13. The van der Waals surface area contributed by atoms with E-state index in [0.29, 0.717) is 0 Å². The molecule has 1 aromatic heterocycles. The van der Waals surface area contributed by atoms with Crippen LogP contribution in [0.2, 0.25) is 0 Å². The van der Waals surface area contributed by atoms with Crippen LogP contribution in [0.3, 0.4) is 0 Å². The van der Waals surface area contributed by atoms with E-state index in [4.69, 9.17) is 12.2 Å². The molecule has 84 valence electrons. The Labute approximate surface area is 108 Å². The Balaban J connectivity index is 2.29. The van der Waals surface area contributed by atoms with Gasteiger partial charge in [-0.1, -0.05) is 35.0 Å². The van der Waals surface area contributed by atoms with E-state index < -0.39 is 0 Å². The highest BCUT2D eigenvalue weighted by atomic mass is 79.9. The molecule has 16 heavy (non-hydrogen) atoms. The van der Waals surface area contributed by atoms with Crippen LogP contribution in [0.15, 0.2) is 34.9 Å². The maximum atomic E-state index is 5.26. The molecule has 4 heteroatoms. The van der Waals surface area contributed by atoms with E-state index in [1.807, 2.05) is 6.20 Å². The monoisotopic (exact) mass is 296 g/mol. The highest BCUT2D eigenvalue weighted by molar-refractivity contribution is 9.10. The van der Waals surface area contributed by atoms with Crippen LogP contribution in [0.25, 0.3) is 0 Å². The maximum absolute atomic E-state index is 5.26. The van der Waals surface area contributed by atoms with Crippen molar-refractivity contribution in [1.29, 1.82) is 0 Å². The second-order valence-corrected chi connectivity index (χ2v) is 4.95. The van der Waals surface area contributed by atoms with Crippen LogP contribution in [-0.4, -0.2) is 9.55 Å². The third-order valence-corrected chi connectivity index (χ3v) is 3.44. The summed E-state index contributed by atoms with van der Waals surface area (Å²) in [4.78, 5) is 3.09. The summed E-state index contributed by atoms with van der Waals surface area (Å²) >= 11 is 8.69. The standard InChI is InChI=1S/C12H13BrN2S/c1-2-11-7-14-12(16)15(11)8-9-3-5-10(13)6-4-9/h3-7H,2,8H2,1H3,(H,14,16). The molecule has 0 unspecified atom stereocenters. The third-order valence-electron chi connectivity index (χ3n) is 2.57. The van der Waals surface area contributed by atoms with Crippen molar-refractivity contribution in [2.75, 3.05) is 0 Å². The van der Waals surface area contributed by atoms with Crippen molar-refractivity contribution in [2.45, 2.75) is 19.9 Å². The zero-order valence-corrected chi connectivity index (χ0v) is 11.4. The van der Waals surface area contributed by atoms with Gasteiger partial charge in [0.15, 0.2) is 4.77 Å². The van der Waals surface area contributed by atoms with Crippen molar-refractivity contribution >= 4 is 28.1 Å². The summed E-state index contributed by atoms with van der Waals surface area (Å²) in [6, 6.07) is 8.32. The number of imidazole rings is 1. The average molecular weight is 297 g/mol. The third kappa shape index (κ3) is 2.44. The van der Waals surface area contributed by atoms with Gasteiger partial charge in [-0.2, -0.15) is 0 Å². The molecule has 0 radical (unpaired) electrons. The number of benzene rings is 1. The van der Waals surface area contributed by atoms with Crippen LogP contribution in [0.4, 0.5) is 0 Å². The second kappa shape index (κ2) is 4.97. The lowest BCUT2D eigenvalue weighted by Gasteiger charge is -2.07. The number of hydrogen-bond acceptors (Lipinski definition) is 1. The number of hydrogen-bond donors (Lipinski definition) is 1. The number of aryl methyl sites for hydroxylation is 1. The quantitative estimate of drug-likeness (QED) is 0.852. The lowest BCUT2D eigenvalue weighted by atomic mass is 10.2. The smallest absolute Gasteiger partial charge is 0.177 e. The number of nitrogens with one attached hydrogen (secondary N) is 1. The van der Waals surface area contributed by atoms with Gasteiger partial charge < -0.3 is 9.55 Å². The second-order valence-electron chi connectivity index (χ2n) is 3.65. The van der Waals surface area contributed by atoms with E-state index in [0.717, 1.165) is 22.2 Å². The fourth-order valence-corrected chi connectivity index (χ4v) is 2.18. The molecule has 0 aliphatic rings. The van der Waals surface area contributed by atoms with E-state index in [1.54, 1.807) is 0 Å². The van der Waals surface area contributed by atoms with Crippen LogP contribution < -0.4 is 0 Å². The molecule has 1 heterocycles. The Morgan fingerprint density at radius 2 is 2.00 bits per heavy atom. The molecule has 0 amide bonds. The molecule has 0 bridgehead atoms. The van der Waals surface area contributed by atoms with Gasteiger partial charge in [0.05, 0.1) is 6.54 Å². The number of aromatic amines is 1. The van der Waals surface area contributed by atoms with Gasteiger partial charge in [0.1, 0.15) is 0 Å². The summed E-state index contributed by atoms with van der Waals surface area (Å²) in [6.07, 6.45) is 2.98. The SMILES string of the molecule is CCc1c[nH]c(=S)n1Cc1ccc(Br)cc1. The van der Waals surface area contributed by atoms with E-state index in [2.05, 4.69) is 56.7 Å². The molecule has 0 saturated carbocycles. The first-order chi connectivity index (χ1) is 7.70. The van der Waals surface area contributed by atoms with Gasteiger partial charge in [0.25, 0.3) is 0 Å². The summed E-state index contributed by atoms with van der Waals surface area (Å²) < 4.78 is 4.03. The lowest BCUT2D eigenvalue weighted by Crippen LogP contribution is -2.03. The maximum Gasteiger partial charge on any atom is 0.177 e. The zero-order valence-electron chi connectivity index (χ0n) is 9.03. The summed E-state index contributed by atoms with van der Waals surface area (Å²) in [6.45, 7) is 2.97. The topological polar surface area (TPSA) is 20.7 Å². The normalized spacial score (nSPS) is 10.6. The molecule has 0 atom stereocenters. The number of H-pyrrole nitrogens is 1. The van der Waals surface area contributed by atoms with Crippen LogP contribution in [-0.2, 0) is 13.0 Å². The molecule has 2 rings (SSSR count). The van der Waals surface area contributed by atoms with Crippen molar-refractivity contribution in [3.05, 3.63) is 51.0 Å². The molecule has 1 N–H and O–H groups in total. The minimum absolute atomic E-state index is 0.791.